The summed E-state index contributed by atoms with van der Waals surface area (Å²) >= 11 is 0. The summed E-state index contributed by atoms with van der Waals surface area (Å²) in [4.78, 5) is 32.1. The molecule has 3 N–H and O–H groups in total. The van der Waals surface area contributed by atoms with E-state index in [0.717, 1.165) is 40.3 Å². The zero-order chi connectivity index (χ0) is 58.9. The smallest absolute Gasteiger partial charge is 0.213 e. The SMILES string of the molecule is CC(C)(O)c1ccncc1.CC(O)c1ccncc1.CCCc1ccccn1.CCOc1ccccn1.Cc1cc(C)nc(C)c1.Cc1cccc(C)n1.OCc1ccccn1.c1ccc(C(c2ccccc2)c2ccncc2)cc1. The minimum Gasteiger partial charge on any atom is -0.478 e. The van der Waals surface area contributed by atoms with Gasteiger partial charge in [0.05, 0.1) is 30.6 Å². The van der Waals surface area contributed by atoms with Gasteiger partial charge in [-0.05, 0) is 193 Å². The summed E-state index contributed by atoms with van der Waals surface area (Å²) in [6.45, 7) is 20.1. The Balaban J connectivity index is 0.000000249. The third-order valence-electron chi connectivity index (χ3n) is 11.2. The highest BCUT2D eigenvalue weighted by Gasteiger charge is 2.16. The van der Waals surface area contributed by atoms with E-state index in [9.17, 15) is 5.11 Å². The second kappa shape index (κ2) is 39.6. The van der Waals surface area contributed by atoms with Crippen LogP contribution in [0.4, 0.5) is 0 Å². The summed E-state index contributed by atoms with van der Waals surface area (Å²) in [6.07, 6.45) is 17.5. The fourth-order valence-electron chi connectivity index (χ4n) is 7.42. The van der Waals surface area contributed by atoms with Crippen LogP contribution in [0.25, 0.3) is 0 Å². The van der Waals surface area contributed by atoms with Gasteiger partial charge in [-0.2, -0.15) is 0 Å². The Labute approximate surface area is 481 Å². The van der Waals surface area contributed by atoms with Gasteiger partial charge in [0.15, 0.2) is 0 Å². The molecule has 422 valence electrons. The minimum absolute atomic E-state index is 0.0286. The Morgan fingerprint density at radius 3 is 1.21 bits per heavy atom. The molecule has 2 aromatic carbocycles. The van der Waals surface area contributed by atoms with Gasteiger partial charge in [0.25, 0.3) is 0 Å². The van der Waals surface area contributed by atoms with Crippen LogP contribution in [0.2, 0.25) is 0 Å². The van der Waals surface area contributed by atoms with Gasteiger partial charge in [-0.1, -0.05) is 98.3 Å². The first-order valence-electron chi connectivity index (χ1n) is 27.1. The Hall–Kier alpha value is -8.68. The Morgan fingerprint density at radius 2 is 0.877 bits per heavy atom. The van der Waals surface area contributed by atoms with Crippen molar-refractivity contribution in [3.8, 4) is 5.88 Å². The van der Waals surface area contributed by atoms with Gasteiger partial charge >= 0.3 is 0 Å². The number of benzene rings is 2. The molecule has 10 rings (SSSR count). The van der Waals surface area contributed by atoms with Crippen molar-refractivity contribution >= 4 is 0 Å². The van der Waals surface area contributed by atoms with Crippen molar-refractivity contribution in [3.63, 3.8) is 0 Å². The maximum atomic E-state index is 9.46. The fraction of sp³-hybridized carbons (Fsp3) is 0.246. The quantitative estimate of drug-likeness (QED) is 0.118. The average Bonchev–Trinajstić information content (AvgIpc) is 3.50. The van der Waals surface area contributed by atoms with Crippen molar-refractivity contribution in [2.24, 2.45) is 0 Å². The van der Waals surface area contributed by atoms with E-state index in [4.69, 9.17) is 14.9 Å². The van der Waals surface area contributed by atoms with E-state index in [2.05, 4.69) is 145 Å². The predicted molar refractivity (Wildman–Crippen MR) is 328 cm³/mol. The molecule has 8 aromatic heterocycles. The molecule has 0 aliphatic heterocycles. The lowest BCUT2D eigenvalue weighted by atomic mass is 9.86. The molecular formula is C69H82N8O4. The minimum atomic E-state index is -0.747. The van der Waals surface area contributed by atoms with Crippen LogP contribution in [0.5, 0.6) is 5.88 Å². The number of aliphatic hydroxyl groups is 3. The molecule has 0 amide bonds. The van der Waals surface area contributed by atoms with Gasteiger partial charge in [0.2, 0.25) is 5.88 Å². The third-order valence-corrected chi connectivity index (χ3v) is 11.2. The lowest BCUT2D eigenvalue weighted by Crippen LogP contribution is -2.14. The lowest BCUT2D eigenvalue weighted by molar-refractivity contribution is 0.0785. The predicted octanol–water partition coefficient (Wildman–Crippen LogP) is 14.5. The molecule has 10 aromatic rings. The second-order valence-electron chi connectivity index (χ2n) is 18.8. The summed E-state index contributed by atoms with van der Waals surface area (Å²) < 4.78 is 5.09. The maximum Gasteiger partial charge on any atom is 0.213 e. The molecule has 0 saturated carbocycles. The van der Waals surface area contributed by atoms with E-state index in [1.54, 1.807) is 88.3 Å². The van der Waals surface area contributed by atoms with Crippen molar-refractivity contribution in [1.29, 1.82) is 0 Å². The number of aromatic nitrogens is 8. The van der Waals surface area contributed by atoms with E-state index >= 15 is 0 Å². The summed E-state index contributed by atoms with van der Waals surface area (Å²) in [6, 6.07) is 59.8. The lowest BCUT2D eigenvalue weighted by Gasteiger charge is -2.18. The molecule has 8 heterocycles. The van der Waals surface area contributed by atoms with Crippen LogP contribution in [0, 0.1) is 34.6 Å². The molecule has 12 heteroatoms. The molecule has 0 bridgehead atoms. The summed E-state index contributed by atoms with van der Waals surface area (Å²) in [5.74, 6) is 0.963. The Bertz CT molecular complexity index is 2890. The molecule has 0 aliphatic carbocycles. The van der Waals surface area contributed by atoms with Crippen molar-refractivity contribution in [1.82, 2.24) is 39.9 Å². The van der Waals surface area contributed by atoms with Crippen molar-refractivity contribution in [3.05, 3.63) is 305 Å². The van der Waals surface area contributed by atoms with Gasteiger partial charge in [0, 0.05) is 96.2 Å². The molecule has 0 aliphatic rings. The number of ether oxygens (including phenoxy) is 1. The molecule has 12 nitrogen and oxygen atoms in total. The monoisotopic (exact) mass is 1090 g/mol. The van der Waals surface area contributed by atoms with Gasteiger partial charge in [-0.3, -0.25) is 34.9 Å². The van der Waals surface area contributed by atoms with Crippen LogP contribution < -0.4 is 4.74 Å². The van der Waals surface area contributed by atoms with Crippen LogP contribution in [-0.4, -0.2) is 61.8 Å². The topological polar surface area (TPSA) is 173 Å². The number of hydrogen-bond donors (Lipinski definition) is 3. The number of pyridine rings is 8. The zero-order valence-electron chi connectivity index (χ0n) is 48.8. The van der Waals surface area contributed by atoms with E-state index in [1.807, 2.05) is 114 Å². The molecule has 0 fully saturated rings. The molecule has 0 radical (unpaired) electrons. The molecule has 0 spiro atoms. The Morgan fingerprint density at radius 1 is 0.457 bits per heavy atom. The van der Waals surface area contributed by atoms with Gasteiger partial charge < -0.3 is 20.1 Å². The number of nitrogens with zero attached hydrogens (tertiary/aromatic N) is 8. The van der Waals surface area contributed by atoms with Crippen LogP contribution >= 0.6 is 0 Å². The summed E-state index contributed by atoms with van der Waals surface area (Å²) in [5, 5.41) is 26.9. The van der Waals surface area contributed by atoms with Gasteiger partial charge in [-0.25, -0.2) is 4.98 Å². The number of aryl methyl sites for hydroxylation is 6. The summed E-state index contributed by atoms with van der Waals surface area (Å²) in [5.41, 5.74) is 12.5. The van der Waals surface area contributed by atoms with Crippen LogP contribution in [0.3, 0.4) is 0 Å². The fourth-order valence-corrected chi connectivity index (χ4v) is 7.42. The number of aliphatic hydroxyl groups excluding tert-OH is 2. The molecule has 1 unspecified atom stereocenters. The molecular weight excluding hydrogens is 1000 g/mol. The first-order valence-corrected chi connectivity index (χ1v) is 27.1. The van der Waals surface area contributed by atoms with Crippen molar-refractivity contribution in [2.45, 2.75) is 106 Å². The van der Waals surface area contributed by atoms with Gasteiger partial charge in [0.1, 0.15) is 0 Å². The van der Waals surface area contributed by atoms with Crippen molar-refractivity contribution in [2.75, 3.05) is 6.61 Å². The van der Waals surface area contributed by atoms with Gasteiger partial charge in [-0.15, -0.1) is 0 Å². The van der Waals surface area contributed by atoms with Crippen LogP contribution in [0.1, 0.15) is 121 Å². The highest BCUT2D eigenvalue weighted by Crippen LogP contribution is 2.31. The number of hydrogen-bond acceptors (Lipinski definition) is 12. The standard InChI is InChI=1S/C18H15N.C8H11NO.2C8H11N.2C7H9NO.C7H9N.C6H7NO/c1-3-7-15(8-4-1)18(16-9-5-2-6-10-16)17-11-13-19-14-12-17;1-8(2,10)7-3-5-9-6-4-7;1-6-4-7(2)9-8(3)5-6;1-2-5-8-6-3-4-7-9-8;1-6(9)7-2-4-8-5-3-7;1-2-9-7-5-3-4-6-8-7;1-6-4-3-5-7(2)8-6;8-5-6-3-1-2-4-7-6/h1-14,18H;3-6,10H,1-2H3;4-5H,1-3H3;3-4,6-7H,2,5H2,1H3;2-6,9H,1H3;3-6H,2H2,1H3;3-5H,1-2H3;1-4,8H,5H2. The van der Waals surface area contributed by atoms with E-state index in [-0.39, 0.29) is 18.6 Å². The van der Waals surface area contributed by atoms with Crippen molar-refractivity contribution < 1.29 is 20.1 Å². The van der Waals surface area contributed by atoms with E-state index < -0.39 is 5.60 Å². The first-order chi connectivity index (χ1) is 39.1. The second-order valence-corrected chi connectivity index (χ2v) is 18.8. The Kier molecular flexibility index (Phi) is 32.6. The highest BCUT2D eigenvalue weighted by atomic mass is 16.5. The molecule has 0 saturated heterocycles. The van der Waals surface area contributed by atoms with E-state index in [0.29, 0.717) is 18.2 Å². The largest absolute Gasteiger partial charge is 0.478 e. The maximum absolute atomic E-state index is 9.46. The molecule has 81 heavy (non-hydrogen) atoms. The normalized spacial score (nSPS) is 10.3. The zero-order valence-corrected chi connectivity index (χ0v) is 48.8. The average molecular weight is 1090 g/mol. The number of rotatable bonds is 10. The third kappa shape index (κ3) is 29.8. The van der Waals surface area contributed by atoms with E-state index in [1.165, 1.54) is 34.4 Å². The first kappa shape index (κ1) is 66.6. The molecule has 1 atom stereocenters. The van der Waals surface area contributed by atoms with Crippen LogP contribution in [-0.2, 0) is 18.6 Å². The van der Waals surface area contributed by atoms with Crippen LogP contribution in [0.15, 0.2) is 238 Å². The highest BCUT2D eigenvalue weighted by molar-refractivity contribution is 5.42. The summed E-state index contributed by atoms with van der Waals surface area (Å²) in [7, 11) is 0.